The van der Waals surface area contributed by atoms with Crippen LogP contribution in [0.15, 0.2) is 18.2 Å². The van der Waals surface area contributed by atoms with E-state index in [0.29, 0.717) is 22.2 Å². The van der Waals surface area contributed by atoms with Crippen LogP contribution in [0.2, 0.25) is 10.0 Å². The van der Waals surface area contributed by atoms with E-state index in [2.05, 4.69) is 10.6 Å². The van der Waals surface area contributed by atoms with Crippen molar-refractivity contribution in [1.82, 2.24) is 10.6 Å². The molecule has 1 unspecified atom stereocenters. The van der Waals surface area contributed by atoms with Crippen LogP contribution in [0.3, 0.4) is 0 Å². The topological polar surface area (TPSA) is 50.4 Å². The van der Waals surface area contributed by atoms with Crippen LogP contribution in [0.25, 0.3) is 0 Å². The molecule has 1 aromatic carbocycles. The molecular weight excluding hydrogens is 275 g/mol. The summed E-state index contributed by atoms with van der Waals surface area (Å²) >= 11 is 11.7. The molecule has 1 amide bonds. The predicted octanol–water partition coefficient (Wildman–Crippen LogP) is 1.71. The van der Waals surface area contributed by atoms with E-state index in [-0.39, 0.29) is 18.1 Å². The summed E-state index contributed by atoms with van der Waals surface area (Å²) in [6.07, 6.45) is -0.00304. The number of halogens is 2. The second kappa shape index (κ2) is 5.89. The summed E-state index contributed by atoms with van der Waals surface area (Å²) < 4.78 is 5.28. The van der Waals surface area contributed by atoms with E-state index in [1.807, 2.05) is 0 Å². The van der Waals surface area contributed by atoms with Crippen molar-refractivity contribution < 1.29 is 9.53 Å². The van der Waals surface area contributed by atoms with Gasteiger partial charge in [-0.25, -0.2) is 0 Å². The molecule has 0 saturated carbocycles. The van der Waals surface area contributed by atoms with Gasteiger partial charge < -0.3 is 15.4 Å². The second-order valence-corrected chi connectivity index (χ2v) is 4.96. The van der Waals surface area contributed by atoms with Crippen LogP contribution < -0.4 is 10.6 Å². The first kappa shape index (κ1) is 13.6. The Hall–Kier alpha value is -0.810. The van der Waals surface area contributed by atoms with Gasteiger partial charge in [0.05, 0.1) is 22.2 Å². The molecule has 98 valence electrons. The lowest BCUT2D eigenvalue weighted by Gasteiger charge is -2.18. The zero-order chi connectivity index (χ0) is 13.1. The van der Waals surface area contributed by atoms with Gasteiger partial charge in [-0.2, -0.15) is 0 Å². The summed E-state index contributed by atoms with van der Waals surface area (Å²) in [6.45, 7) is 1.44. The maximum absolute atomic E-state index is 12.0. The lowest BCUT2D eigenvalue weighted by molar-refractivity contribution is 0.0780. The minimum atomic E-state index is -0.177. The van der Waals surface area contributed by atoms with Gasteiger partial charge in [-0.05, 0) is 18.2 Å². The van der Waals surface area contributed by atoms with Crippen molar-refractivity contribution in [2.75, 3.05) is 20.2 Å². The molecule has 1 aliphatic rings. The van der Waals surface area contributed by atoms with E-state index >= 15 is 0 Å². The van der Waals surface area contributed by atoms with Crippen molar-refractivity contribution in [2.45, 2.75) is 12.1 Å². The molecule has 4 nitrogen and oxygen atoms in total. The minimum Gasteiger partial charge on any atom is -0.378 e. The van der Waals surface area contributed by atoms with Crippen molar-refractivity contribution >= 4 is 29.1 Å². The van der Waals surface area contributed by atoms with Crippen LogP contribution in [0, 0.1) is 0 Å². The van der Waals surface area contributed by atoms with Crippen molar-refractivity contribution in [3.05, 3.63) is 33.8 Å². The van der Waals surface area contributed by atoms with Gasteiger partial charge >= 0.3 is 0 Å². The minimum absolute atomic E-state index is 0.00304. The Balaban J connectivity index is 2.05. The maximum Gasteiger partial charge on any atom is 0.251 e. The van der Waals surface area contributed by atoms with Crippen molar-refractivity contribution in [3.63, 3.8) is 0 Å². The van der Waals surface area contributed by atoms with E-state index < -0.39 is 0 Å². The Bertz CT molecular complexity index is 454. The predicted molar refractivity (Wildman–Crippen MR) is 71.4 cm³/mol. The molecule has 1 fully saturated rings. The van der Waals surface area contributed by atoms with Gasteiger partial charge in [-0.15, -0.1) is 0 Å². The second-order valence-electron chi connectivity index (χ2n) is 4.14. The zero-order valence-electron chi connectivity index (χ0n) is 9.87. The molecule has 0 spiro atoms. The van der Waals surface area contributed by atoms with Gasteiger partial charge in [-0.3, -0.25) is 4.79 Å². The van der Waals surface area contributed by atoms with Gasteiger partial charge in [0.2, 0.25) is 0 Å². The normalized spacial score (nSPS) is 23.1. The standard InChI is InChI=1S/C12H14Cl2N2O2/c1-18-11-6-15-5-10(11)16-12(17)7-2-3-8(13)9(14)4-7/h2-4,10-11,15H,5-6H2,1H3,(H,16,17)/t10?,11-/m1/s1. The molecule has 1 saturated heterocycles. The fourth-order valence-electron chi connectivity index (χ4n) is 1.94. The Morgan fingerprint density at radius 3 is 2.83 bits per heavy atom. The first-order chi connectivity index (χ1) is 8.61. The molecule has 18 heavy (non-hydrogen) atoms. The van der Waals surface area contributed by atoms with E-state index in [9.17, 15) is 4.79 Å². The smallest absolute Gasteiger partial charge is 0.251 e. The lowest BCUT2D eigenvalue weighted by atomic mass is 10.1. The van der Waals surface area contributed by atoms with Crippen molar-refractivity contribution in [1.29, 1.82) is 0 Å². The molecule has 0 bridgehead atoms. The first-order valence-corrected chi connectivity index (χ1v) is 6.37. The van der Waals surface area contributed by atoms with E-state index in [1.165, 1.54) is 0 Å². The van der Waals surface area contributed by atoms with Crippen molar-refractivity contribution in [2.24, 2.45) is 0 Å². The Labute approximate surface area is 116 Å². The van der Waals surface area contributed by atoms with Gasteiger partial charge in [0.25, 0.3) is 5.91 Å². The SMILES string of the molecule is CO[C@@H]1CNCC1NC(=O)c1ccc(Cl)c(Cl)c1. The molecular formula is C12H14Cl2N2O2. The summed E-state index contributed by atoms with van der Waals surface area (Å²) in [5.74, 6) is -0.177. The molecule has 1 aromatic rings. The third kappa shape index (κ3) is 2.95. The lowest BCUT2D eigenvalue weighted by Crippen LogP contribution is -2.43. The molecule has 1 aliphatic heterocycles. The highest BCUT2D eigenvalue weighted by atomic mass is 35.5. The number of nitrogens with one attached hydrogen (secondary N) is 2. The maximum atomic E-state index is 12.0. The van der Waals surface area contributed by atoms with Gasteiger partial charge in [-0.1, -0.05) is 23.2 Å². The molecule has 0 radical (unpaired) electrons. The molecule has 2 rings (SSSR count). The largest absolute Gasteiger partial charge is 0.378 e. The average molecular weight is 289 g/mol. The number of hydrogen-bond acceptors (Lipinski definition) is 3. The number of rotatable bonds is 3. The van der Waals surface area contributed by atoms with E-state index in [0.717, 1.165) is 6.54 Å². The van der Waals surface area contributed by atoms with E-state index in [1.54, 1.807) is 25.3 Å². The molecule has 2 atom stereocenters. The molecule has 1 heterocycles. The van der Waals surface area contributed by atoms with Gasteiger partial charge in [0.1, 0.15) is 0 Å². The number of methoxy groups -OCH3 is 1. The first-order valence-electron chi connectivity index (χ1n) is 5.61. The highest BCUT2D eigenvalue weighted by Gasteiger charge is 2.28. The number of ether oxygens (including phenoxy) is 1. The van der Waals surface area contributed by atoms with Gasteiger partial charge in [0.15, 0.2) is 0 Å². The molecule has 6 heteroatoms. The third-order valence-electron chi connectivity index (χ3n) is 2.96. The van der Waals surface area contributed by atoms with Crippen LogP contribution in [0.4, 0.5) is 0 Å². The summed E-state index contributed by atoms with van der Waals surface area (Å²) in [5, 5.41) is 6.89. The van der Waals surface area contributed by atoms with Crippen LogP contribution >= 0.6 is 23.2 Å². The van der Waals surface area contributed by atoms with Crippen LogP contribution in [-0.2, 0) is 4.74 Å². The molecule has 2 N–H and O–H groups in total. The summed E-state index contributed by atoms with van der Waals surface area (Å²) in [4.78, 5) is 12.0. The summed E-state index contributed by atoms with van der Waals surface area (Å²) in [7, 11) is 1.63. The number of carbonyl (C=O) groups excluding carboxylic acids is 1. The quantitative estimate of drug-likeness (QED) is 0.890. The van der Waals surface area contributed by atoms with Crippen LogP contribution in [0.1, 0.15) is 10.4 Å². The zero-order valence-corrected chi connectivity index (χ0v) is 11.4. The summed E-state index contributed by atoms with van der Waals surface area (Å²) in [5.41, 5.74) is 0.492. The number of benzene rings is 1. The monoisotopic (exact) mass is 288 g/mol. The van der Waals surface area contributed by atoms with E-state index in [4.69, 9.17) is 27.9 Å². The fraction of sp³-hybridized carbons (Fsp3) is 0.417. The van der Waals surface area contributed by atoms with Crippen LogP contribution in [-0.4, -0.2) is 38.3 Å². The van der Waals surface area contributed by atoms with Gasteiger partial charge in [0, 0.05) is 25.8 Å². The molecule has 0 aromatic heterocycles. The highest BCUT2D eigenvalue weighted by Crippen LogP contribution is 2.22. The third-order valence-corrected chi connectivity index (χ3v) is 3.70. The number of hydrogen-bond donors (Lipinski definition) is 2. The number of carbonyl (C=O) groups is 1. The Kier molecular flexibility index (Phi) is 4.45. The fourth-order valence-corrected chi connectivity index (χ4v) is 2.23. The summed E-state index contributed by atoms with van der Waals surface area (Å²) in [6, 6.07) is 4.79. The number of amides is 1. The Morgan fingerprint density at radius 1 is 1.39 bits per heavy atom. The molecule has 0 aliphatic carbocycles. The van der Waals surface area contributed by atoms with Crippen molar-refractivity contribution in [3.8, 4) is 0 Å². The highest BCUT2D eigenvalue weighted by molar-refractivity contribution is 6.42. The Morgan fingerprint density at radius 2 is 2.17 bits per heavy atom. The van der Waals surface area contributed by atoms with Crippen LogP contribution in [0.5, 0.6) is 0 Å². The average Bonchev–Trinajstić information content (AvgIpc) is 2.79.